The van der Waals surface area contributed by atoms with E-state index in [1.807, 2.05) is 6.07 Å². The van der Waals surface area contributed by atoms with E-state index in [1.54, 1.807) is 43.6 Å². The first-order chi connectivity index (χ1) is 10.1. The Bertz CT molecular complexity index is 610. The summed E-state index contributed by atoms with van der Waals surface area (Å²) >= 11 is 0. The average molecular weight is 287 g/mol. The lowest BCUT2D eigenvalue weighted by atomic mass is 9.97. The maximum absolute atomic E-state index is 12.4. The second-order valence-corrected chi connectivity index (χ2v) is 4.57. The molecule has 1 aromatic heterocycles. The summed E-state index contributed by atoms with van der Waals surface area (Å²) in [5.74, 6) is -0.742. The first-order valence-corrected chi connectivity index (χ1v) is 6.45. The molecule has 0 saturated heterocycles. The first kappa shape index (κ1) is 14.6. The van der Waals surface area contributed by atoms with Crippen molar-refractivity contribution in [3.05, 3.63) is 54.1 Å². The van der Waals surface area contributed by atoms with Gasteiger partial charge in [0.15, 0.2) is 5.84 Å². The highest BCUT2D eigenvalue weighted by atomic mass is 16.4. The molecular weight excluding hydrogens is 270 g/mol. The Morgan fingerprint density at radius 2 is 2.14 bits per heavy atom. The molecular formula is C14H17N5O2. The van der Waals surface area contributed by atoms with Crippen molar-refractivity contribution in [2.24, 2.45) is 10.9 Å². The van der Waals surface area contributed by atoms with E-state index in [9.17, 15) is 4.79 Å². The third-order valence-corrected chi connectivity index (χ3v) is 3.09. The standard InChI is InChI=1S/C14H17N5O2/c1-9(13-16-7-8-17-13)18-14(20)11(12(15)19-21)10-5-3-2-4-6-10/h2-9,11,21H,1H3,(H2,15,19)(H,16,17)(H,18,20). The van der Waals surface area contributed by atoms with Crippen molar-refractivity contribution in [3.63, 3.8) is 0 Å². The Morgan fingerprint density at radius 1 is 1.43 bits per heavy atom. The second kappa shape index (κ2) is 6.56. The molecule has 2 rings (SSSR count). The number of aromatic nitrogens is 2. The number of aromatic amines is 1. The molecule has 1 amide bonds. The Kier molecular flexibility index (Phi) is 4.55. The number of imidazole rings is 1. The van der Waals surface area contributed by atoms with Crippen LogP contribution in [0.25, 0.3) is 0 Å². The zero-order chi connectivity index (χ0) is 15.2. The van der Waals surface area contributed by atoms with Crippen LogP contribution in [0.3, 0.4) is 0 Å². The number of amides is 1. The van der Waals surface area contributed by atoms with Gasteiger partial charge >= 0.3 is 0 Å². The van der Waals surface area contributed by atoms with Gasteiger partial charge in [-0.3, -0.25) is 4.79 Å². The van der Waals surface area contributed by atoms with Crippen LogP contribution in [0.1, 0.15) is 30.3 Å². The van der Waals surface area contributed by atoms with Crippen LogP contribution in [-0.4, -0.2) is 26.9 Å². The Balaban J connectivity index is 2.20. The molecule has 0 bridgehead atoms. The molecule has 1 heterocycles. The minimum absolute atomic E-state index is 0.162. The number of hydrogen-bond acceptors (Lipinski definition) is 4. The van der Waals surface area contributed by atoms with Gasteiger partial charge in [-0.1, -0.05) is 35.5 Å². The fourth-order valence-corrected chi connectivity index (χ4v) is 2.04. The number of oxime groups is 1. The van der Waals surface area contributed by atoms with Crippen molar-refractivity contribution in [1.82, 2.24) is 15.3 Å². The number of carbonyl (C=O) groups excluding carboxylic acids is 1. The molecule has 21 heavy (non-hydrogen) atoms. The summed E-state index contributed by atoms with van der Waals surface area (Å²) in [5, 5.41) is 14.7. The zero-order valence-electron chi connectivity index (χ0n) is 11.5. The number of H-pyrrole nitrogens is 1. The minimum atomic E-state index is -0.853. The molecule has 0 radical (unpaired) electrons. The third kappa shape index (κ3) is 3.38. The number of nitrogens with zero attached hydrogens (tertiary/aromatic N) is 2. The van der Waals surface area contributed by atoms with Crippen molar-refractivity contribution < 1.29 is 10.0 Å². The fraction of sp³-hybridized carbons (Fsp3) is 0.214. The van der Waals surface area contributed by atoms with Crippen LogP contribution in [-0.2, 0) is 4.79 Å². The summed E-state index contributed by atoms with van der Waals surface area (Å²) in [6, 6.07) is 8.59. The Hall–Kier alpha value is -2.83. The van der Waals surface area contributed by atoms with Crippen molar-refractivity contribution in [2.45, 2.75) is 18.9 Å². The molecule has 2 aromatic rings. The Morgan fingerprint density at radius 3 is 2.71 bits per heavy atom. The molecule has 1 aromatic carbocycles. The van der Waals surface area contributed by atoms with Crippen LogP contribution < -0.4 is 11.1 Å². The van der Waals surface area contributed by atoms with Crippen LogP contribution in [0, 0.1) is 0 Å². The van der Waals surface area contributed by atoms with Crippen LogP contribution in [0.4, 0.5) is 0 Å². The number of rotatable bonds is 5. The molecule has 2 unspecified atom stereocenters. The molecule has 5 N–H and O–H groups in total. The van der Waals surface area contributed by atoms with Gasteiger partial charge < -0.3 is 21.2 Å². The van der Waals surface area contributed by atoms with E-state index < -0.39 is 5.92 Å². The zero-order valence-corrected chi connectivity index (χ0v) is 11.5. The quantitative estimate of drug-likeness (QED) is 0.285. The summed E-state index contributed by atoms with van der Waals surface area (Å²) in [6.45, 7) is 1.80. The molecule has 7 nitrogen and oxygen atoms in total. The second-order valence-electron chi connectivity index (χ2n) is 4.57. The van der Waals surface area contributed by atoms with Gasteiger partial charge in [0, 0.05) is 12.4 Å². The van der Waals surface area contributed by atoms with Crippen LogP contribution in [0.5, 0.6) is 0 Å². The van der Waals surface area contributed by atoms with Gasteiger partial charge in [0.2, 0.25) is 5.91 Å². The largest absolute Gasteiger partial charge is 0.409 e. The fourth-order valence-electron chi connectivity index (χ4n) is 2.04. The Labute approximate surface area is 121 Å². The normalized spacial score (nSPS) is 14.4. The average Bonchev–Trinajstić information content (AvgIpc) is 3.02. The van der Waals surface area contributed by atoms with E-state index in [0.29, 0.717) is 11.4 Å². The van der Waals surface area contributed by atoms with E-state index in [4.69, 9.17) is 10.9 Å². The summed E-state index contributed by atoms with van der Waals surface area (Å²) < 4.78 is 0. The molecule has 0 aliphatic carbocycles. The number of nitrogens with two attached hydrogens (primary N) is 1. The summed E-state index contributed by atoms with van der Waals surface area (Å²) in [5.41, 5.74) is 6.31. The predicted octanol–water partition coefficient (Wildman–Crippen LogP) is 1.12. The van der Waals surface area contributed by atoms with Gasteiger partial charge in [-0.05, 0) is 12.5 Å². The highest BCUT2D eigenvalue weighted by Gasteiger charge is 2.26. The van der Waals surface area contributed by atoms with Gasteiger partial charge in [0.1, 0.15) is 11.7 Å². The number of nitrogens with one attached hydrogen (secondary N) is 2. The van der Waals surface area contributed by atoms with Gasteiger partial charge in [0.25, 0.3) is 0 Å². The molecule has 110 valence electrons. The number of benzene rings is 1. The topological polar surface area (TPSA) is 116 Å². The number of carbonyl (C=O) groups is 1. The maximum atomic E-state index is 12.4. The highest BCUT2D eigenvalue weighted by molar-refractivity contribution is 6.07. The smallest absolute Gasteiger partial charge is 0.235 e. The molecule has 0 aliphatic rings. The minimum Gasteiger partial charge on any atom is -0.409 e. The van der Waals surface area contributed by atoms with Crippen molar-refractivity contribution >= 4 is 11.7 Å². The number of hydrogen-bond donors (Lipinski definition) is 4. The van der Waals surface area contributed by atoms with Gasteiger partial charge in [-0.25, -0.2) is 4.98 Å². The van der Waals surface area contributed by atoms with Gasteiger partial charge in [-0.15, -0.1) is 0 Å². The molecule has 0 fully saturated rings. The predicted molar refractivity (Wildman–Crippen MR) is 77.7 cm³/mol. The highest BCUT2D eigenvalue weighted by Crippen LogP contribution is 2.18. The summed E-state index contributed by atoms with van der Waals surface area (Å²) in [7, 11) is 0. The third-order valence-electron chi connectivity index (χ3n) is 3.09. The van der Waals surface area contributed by atoms with Crippen LogP contribution in [0.2, 0.25) is 0 Å². The molecule has 7 heteroatoms. The van der Waals surface area contributed by atoms with Gasteiger partial charge in [0.05, 0.1) is 6.04 Å². The summed E-state index contributed by atoms with van der Waals surface area (Å²) in [6.07, 6.45) is 3.28. The number of amidine groups is 1. The first-order valence-electron chi connectivity index (χ1n) is 6.45. The van der Waals surface area contributed by atoms with E-state index in [2.05, 4.69) is 20.4 Å². The van der Waals surface area contributed by atoms with Crippen LogP contribution in [0.15, 0.2) is 47.9 Å². The monoisotopic (exact) mass is 287 g/mol. The molecule has 0 spiro atoms. The lowest BCUT2D eigenvalue weighted by Crippen LogP contribution is -2.38. The lowest BCUT2D eigenvalue weighted by molar-refractivity contribution is -0.121. The van der Waals surface area contributed by atoms with E-state index in [1.165, 1.54) is 0 Å². The maximum Gasteiger partial charge on any atom is 0.235 e. The van der Waals surface area contributed by atoms with Crippen molar-refractivity contribution in [1.29, 1.82) is 0 Å². The van der Waals surface area contributed by atoms with E-state index in [-0.39, 0.29) is 17.8 Å². The SMILES string of the molecule is CC(NC(=O)C(/C(N)=N/O)c1ccccc1)c1ncc[nH]1. The summed E-state index contributed by atoms with van der Waals surface area (Å²) in [4.78, 5) is 19.4. The van der Waals surface area contributed by atoms with E-state index in [0.717, 1.165) is 0 Å². The van der Waals surface area contributed by atoms with Crippen molar-refractivity contribution in [2.75, 3.05) is 0 Å². The molecule has 0 aliphatic heterocycles. The van der Waals surface area contributed by atoms with Crippen molar-refractivity contribution in [3.8, 4) is 0 Å². The lowest BCUT2D eigenvalue weighted by Gasteiger charge is -2.18. The van der Waals surface area contributed by atoms with Gasteiger partial charge in [-0.2, -0.15) is 0 Å². The molecule has 0 saturated carbocycles. The van der Waals surface area contributed by atoms with Crippen LogP contribution >= 0.6 is 0 Å². The molecule has 2 atom stereocenters. The van der Waals surface area contributed by atoms with E-state index >= 15 is 0 Å².